The Morgan fingerprint density at radius 3 is 1.81 bits per heavy atom. The van der Waals surface area contributed by atoms with Crippen molar-refractivity contribution in [1.82, 2.24) is 15.0 Å². The fourth-order valence-corrected chi connectivity index (χ4v) is 6.75. The van der Waals surface area contributed by atoms with Crippen LogP contribution in [-0.4, -0.2) is 15.0 Å². The standard InChI is InChI=1S/C49H31N3/c1-2-10-32(11-3-1)36-21-22-39-29-37(23-24-38(39)28-36)35-15-8-16-41(30-35)47-50-48(52-49(51-47)46-19-9-14-33-12-4-7-18-44(33)46)42-26-27-45-40(31-42)25-20-34-13-5-6-17-43(34)45/h1-31H/i5D,6D,13D,17D,20D,25D,26D,27D,31D. The first kappa shape index (κ1) is 22.0. The zero-order valence-electron chi connectivity index (χ0n) is 36.5. The van der Waals surface area contributed by atoms with Crippen LogP contribution < -0.4 is 0 Å². The number of nitrogens with zero attached hydrogens (tertiary/aromatic N) is 3. The summed E-state index contributed by atoms with van der Waals surface area (Å²) in [5, 5.41) is 3.17. The van der Waals surface area contributed by atoms with E-state index < -0.39 is 54.4 Å². The second-order valence-electron chi connectivity index (χ2n) is 12.6. The minimum absolute atomic E-state index is 0.0929. The number of hydrogen-bond donors (Lipinski definition) is 0. The van der Waals surface area contributed by atoms with E-state index in [1.165, 1.54) is 0 Å². The van der Waals surface area contributed by atoms with E-state index in [1.54, 1.807) is 0 Å². The summed E-state index contributed by atoms with van der Waals surface area (Å²) in [6, 6.07) is 39.7. The van der Waals surface area contributed by atoms with Gasteiger partial charge in [0.05, 0.1) is 12.3 Å². The molecule has 0 aliphatic carbocycles. The molecule has 0 amide bonds. The van der Waals surface area contributed by atoms with Crippen LogP contribution in [0.1, 0.15) is 12.3 Å². The van der Waals surface area contributed by atoms with Gasteiger partial charge in [-0.25, -0.2) is 15.0 Å². The normalized spacial score (nSPS) is 13.9. The van der Waals surface area contributed by atoms with Gasteiger partial charge in [-0.1, -0.05) is 164 Å². The van der Waals surface area contributed by atoms with Gasteiger partial charge in [-0.2, -0.15) is 0 Å². The molecule has 0 saturated heterocycles. The van der Waals surface area contributed by atoms with E-state index in [4.69, 9.17) is 23.2 Å². The lowest BCUT2D eigenvalue weighted by Gasteiger charge is -2.12. The third kappa shape index (κ3) is 5.37. The molecule has 0 aliphatic rings. The zero-order valence-corrected chi connectivity index (χ0v) is 27.5. The molecule has 0 fully saturated rings. The van der Waals surface area contributed by atoms with E-state index in [9.17, 15) is 4.11 Å². The van der Waals surface area contributed by atoms with E-state index in [1.807, 2.05) is 84.9 Å². The highest BCUT2D eigenvalue weighted by Crippen LogP contribution is 2.34. The smallest absolute Gasteiger partial charge is 0.164 e. The van der Waals surface area contributed by atoms with Crippen molar-refractivity contribution in [3.8, 4) is 56.4 Å². The van der Waals surface area contributed by atoms with Crippen molar-refractivity contribution in [3.63, 3.8) is 0 Å². The minimum atomic E-state index is -0.581. The van der Waals surface area contributed by atoms with Crippen LogP contribution >= 0.6 is 0 Å². The molecule has 242 valence electrons. The molecule has 0 unspecified atom stereocenters. The number of hydrogen-bond acceptors (Lipinski definition) is 3. The first-order chi connectivity index (χ1) is 29.5. The highest BCUT2D eigenvalue weighted by atomic mass is 15.0. The first-order valence-electron chi connectivity index (χ1n) is 21.4. The lowest BCUT2D eigenvalue weighted by molar-refractivity contribution is 1.08. The summed E-state index contributed by atoms with van der Waals surface area (Å²) in [4.78, 5) is 14.7. The molecule has 3 heteroatoms. The predicted octanol–water partition coefficient (Wildman–Crippen LogP) is 12.8. The van der Waals surface area contributed by atoms with Crippen molar-refractivity contribution in [1.29, 1.82) is 0 Å². The lowest BCUT2D eigenvalue weighted by Crippen LogP contribution is -2.00. The van der Waals surface area contributed by atoms with Crippen LogP contribution in [0.15, 0.2) is 188 Å². The Morgan fingerprint density at radius 2 is 0.942 bits per heavy atom. The quantitative estimate of drug-likeness (QED) is 0.171. The molecule has 3 nitrogen and oxygen atoms in total. The summed E-state index contributed by atoms with van der Waals surface area (Å²) in [6.07, 6.45) is 0. The van der Waals surface area contributed by atoms with Crippen LogP contribution in [0, 0.1) is 0 Å². The topological polar surface area (TPSA) is 38.7 Å². The zero-order chi connectivity index (χ0) is 42.3. The van der Waals surface area contributed by atoms with Crippen LogP contribution in [0.4, 0.5) is 0 Å². The second-order valence-corrected chi connectivity index (χ2v) is 12.6. The number of fused-ring (bicyclic) bond motifs is 5. The van der Waals surface area contributed by atoms with Crippen molar-refractivity contribution >= 4 is 43.1 Å². The van der Waals surface area contributed by atoms with Gasteiger partial charge in [-0.3, -0.25) is 0 Å². The number of aromatic nitrogens is 3. The molecule has 10 rings (SSSR count). The van der Waals surface area contributed by atoms with Gasteiger partial charge in [0.2, 0.25) is 0 Å². The average molecular weight is 671 g/mol. The maximum absolute atomic E-state index is 9.50. The van der Waals surface area contributed by atoms with Gasteiger partial charge < -0.3 is 0 Å². The molecule has 0 radical (unpaired) electrons. The molecule has 9 aromatic carbocycles. The highest BCUT2D eigenvalue weighted by molar-refractivity contribution is 6.08. The molecule has 0 atom stereocenters. The summed E-state index contributed by atoms with van der Waals surface area (Å²) in [7, 11) is 0. The molecule has 0 aliphatic heterocycles. The SMILES string of the molecule is [2H]c1c([2H])c([2H])c2c(c1[2H])c([2H])c([2H])c1c([2H])c(-c3nc(-c4cccc(-c5ccc6cc(-c7ccccc7)ccc6c5)c4)nc(-c4cccc5ccccc45)n3)c([2H])c([2H])c12. The van der Waals surface area contributed by atoms with Crippen LogP contribution in [0.3, 0.4) is 0 Å². The van der Waals surface area contributed by atoms with Gasteiger partial charge in [-0.05, 0) is 89.6 Å². The summed E-state index contributed by atoms with van der Waals surface area (Å²) >= 11 is 0. The van der Waals surface area contributed by atoms with Crippen molar-refractivity contribution in [3.05, 3.63) is 188 Å². The molecule has 10 aromatic rings. The molecule has 1 aromatic heterocycles. The molecular weight excluding hydrogens is 631 g/mol. The molecule has 0 bridgehead atoms. The molecule has 0 spiro atoms. The van der Waals surface area contributed by atoms with E-state index in [-0.39, 0.29) is 44.6 Å². The Balaban J connectivity index is 1.19. The monoisotopic (exact) mass is 670 g/mol. The van der Waals surface area contributed by atoms with Crippen LogP contribution in [0.2, 0.25) is 0 Å². The van der Waals surface area contributed by atoms with E-state index in [0.29, 0.717) is 11.1 Å². The Hall–Kier alpha value is -6.97. The largest absolute Gasteiger partial charge is 0.208 e. The van der Waals surface area contributed by atoms with Crippen molar-refractivity contribution in [2.24, 2.45) is 0 Å². The van der Waals surface area contributed by atoms with Gasteiger partial charge in [0, 0.05) is 16.7 Å². The van der Waals surface area contributed by atoms with E-state index in [2.05, 4.69) is 48.5 Å². The molecule has 1 heterocycles. The van der Waals surface area contributed by atoms with Gasteiger partial charge in [0.1, 0.15) is 0 Å². The third-order valence-electron chi connectivity index (χ3n) is 9.35. The molecule has 52 heavy (non-hydrogen) atoms. The van der Waals surface area contributed by atoms with Crippen LogP contribution in [0.5, 0.6) is 0 Å². The van der Waals surface area contributed by atoms with Gasteiger partial charge in [0.25, 0.3) is 0 Å². The summed E-state index contributed by atoms with van der Waals surface area (Å²) in [5.41, 5.74) is 5.28. The Labute approximate surface area is 314 Å². The fraction of sp³-hybridized carbons (Fsp3) is 0. The van der Waals surface area contributed by atoms with Crippen LogP contribution in [-0.2, 0) is 0 Å². The second kappa shape index (κ2) is 12.4. The molecule has 0 N–H and O–H groups in total. The maximum Gasteiger partial charge on any atom is 0.164 e. The van der Waals surface area contributed by atoms with Gasteiger partial charge in [-0.15, -0.1) is 0 Å². The molecular formula is C49H31N3. The van der Waals surface area contributed by atoms with Crippen LogP contribution in [0.25, 0.3) is 99.5 Å². The van der Waals surface area contributed by atoms with Gasteiger partial charge >= 0.3 is 0 Å². The lowest BCUT2D eigenvalue weighted by atomic mass is 9.97. The highest BCUT2D eigenvalue weighted by Gasteiger charge is 2.16. The fourth-order valence-electron chi connectivity index (χ4n) is 6.75. The Bertz CT molecular complexity index is 3480. The summed E-state index contributed by atoms with van der Waals surface area (Å²) < 4.78 is 79.8. The number of benzene rings is 9. The van der Waals surface area contributed by atoms with E-state index in [0.717, 1.165) is 43.8 Å². The Kier molecular flexibility index (Phi) is 5.25. The molecule has 0 saturated carbocycles. The number of rotatable bonds is 5. The summed E-state index contributed by atoms with van der Waals surface area (Å²) in [6.45, 7) is 0. The van der Waals surface area contributed by atoms with Crippen molar-refractivity contribution in [2.75, 3.05) is 0 Å². The third-order valence-corrected chi connectivity index (χ3v) is 9.35. The van der Waals surface area contributed by atoms with Crippen molar-refractivity contribution in [2.45, 2.75) is 0 Å². The van der Waals surface area contributed by atoms with Crippen molar-refractivity contribution < 1.29 is 12.3 Å². The van der Waals surface area contributed by atoms with Gasteiger partial charge in [0.15, 0.2) is 17.5 Å². The first-order valence-corrected chi connectivity index (χ1v) is 16.9. The Morgan fingerprint density at radius 1 is 0.327 bits per heavy atom. The average Bonchev–Trinajstić information content (AvgIpc) is 3.29. The van der Waals surface area contributed by atoms with E-state index >= 15 is 0 Å². The maximum atomic E-state index is 9.50. The predicted molar refractivity (Wildman–Crippen MR) is 217 cm³/mol. The summed E-state index contributed by atoms with van der Waals surface area (Å²) in [5.74, 6) is 0.408. The minimum Gasteiger partial charge on any atom is -0.208 e.